The third kappa shape index (κ3) is 2.74. The van der Waals surface area contributed by atoms with Gasteiger partial charge in [0.05, 0.1) is 19.6 Å². The summed E-state index contributed by atoms with van der Waals surface area (Å²) < 4.78 is 11.3. The van der Waals surface area contributed by atoms with Crippen LogP contribution >= 0.6 is 0 Å². The van der Waals surface area contributed by atoms with Crippen molar-refractivity contribution in [3.8, 4) is 11.8 Å². The molecule has 1 saturated heterocycles. The highest BCUT2D eigenvalue weighted by Crippen LogP contribution is 2.24. The molecule has 100 valence electrons. The zero-order valence-electron chi connectivity index (χ0n) is 9.96. The molecule has 0 radical (unpaired) electrons. The summed E-state index contributed by atoms with van der Waals surface area (Å²) in [5, 5.41) is 18.6. The molecule has 1 aliphatic rings. The molecule has 0 amide bonds. The van der Waals surface area contributed by atoms with Crippen LogP contribution in [0.2, 0.25) is 0 Å². The normalized spacial score (nSPS) is 17.8. The van der Waals surface area contributed by atoms with Crippen LogP contribution in [0.1, 0.15) is 19.8 Å². The number of hydrogen-bond donors (Lipinski definition) is 2. The molecule has 0 aliphatic carbocycles. The molecule has 0 spiro atoms. The largest absolute Gasteiger partial charge is 0.492 e. The first-order valence-corrected chi connectivity index (χ1v) is 5.59. The van der Waals surface area contributed by atoms with Gasteiger partial charge in [-0.2, -0.15) is 0 Å². The highest BCUT2D eigenvalue weighted by molar-refractivity contribution is 5.70. The molecular formula is C11H15NO6. The fourth-order valence-electron chi connectivity index (χ4n) is 1.67. The third-order valence-electron chi connectivity index (χ3n) is 2.67. The highest BCUT2D eigenvalue weighted by Gasteiger charge is 2.31. The van der Waals surface area contributed by atoms with Crippen molar-refractivity contribution in [1.29, 1.82) is 0 Å². The molecule has 2 N–H and O–H groups in total. The lowest BCUT2D eigenvalue weighted by Gasteiger charge is -2.21. The maximum Gasteiger partial charge on any atom is 0.333 e. The Hall–Kier alpha value is -1.73. The molecule has 2 heterocycles. The van der Waals surface area contributed by atoms with E-state index in [-0.39, 0.29) is 18.2 Å². The topological polar surface area (TPSA) is 90.2 Å². The summed E-state index contributed by atoms with van der Waals surface area (Å²) in [6.45, 7) is 2.76. The summed E-state index contributed by atoms with van der Waals surface area (Å²) in [6.07, 6.45) is 0.391. The summed E-state index contributed by atoms with van der Waals surface area (Å²) in [6, 6.07) is 2.43. The van der Waals surface area contributed by atoms with Crippen LogP contribution in [-0.2, 0) is 14.3 Å². The van der Waals surface area contributed by atoms with E-state index in [0.29, 0.717) is 24.4 Å². The minimum absolute atomic E-state index is 0.0492. The Bertz CT molecular complexity index is 415. The van der Waals surface area contributed by atoms with E-state index in [1.165, 1.54) is 12.1 Å². The second-order valence-corrected chi connectivity index (χ2v) is 4.14. The van der Waals surface area contributed by atoms with Crippen LogP contribution < -0.4 is 4.84 Å². The lowest BCUT2D eigenvalue weighted by molar-refractivity contribution is -0.162. The minimum Gasteiger partial charge on any atom is -0.492 e. The Morgan fingerprint density at radius 1 is 1.39 bits per heavy atom. The van der Waals surface area contributed by atoms with Crippen LogP contribution in [0.25, 0.3) is 0 Å². The molecule has 1 aromatic rings. The van der Waals surface area contributed by atoms with Crippen molar-refractivity contribution in [2.75, 3.05) is 13.2 Å². The predicted octanol–water partition coefficient (Wildman–Crippen LogP) is 0.398. The van der Waals surface area contributed by atoms with E-state index in [1.807, 2.05) is 0 Å². The highest BCUT2D eigenvalue weighted by atomic mass is 16.7. The molecule has 0 saturated carbocycles. The third-order valence-corrected chi connectivity index (χ3v) is 2.67. The molecule has 2 rings (SSSR count). The number of nitrogens with zero attached hydrogens (tertiary/aromatic N) is 1. The Balaban J connectivity index is 1.86. The van der Waals surface area contributed by atoms with Gasteiger partial charge in [0.25, 0.3) is 0 Å². The Morgan fingerprint density at radius 3 is 2.50 bits per heavy atom. The standard InChI is InChI=1S/C11H15NO6/c1-11(16-6-7-17-11)5-4-10(15)18-12-8(13)2-3-9(12)14/h2-3,13-14H,4-7H2,1H3. The van der Waals surface area contributed by atoms with E-state index in [9.17, 15) is 15.0 Å². The number of aromatic hydroxyl groups is 2. The van der Waals surface area contributed by atoms with Crippen LogP contribution in [0.15, 0.2) is 12.1 Å². The minimum atomic E-state index is -0.764. The van der Waals surface area contributed by atoms with Crippen molar-refractivity contribution in [1.82, 2.24) is 4.73 Å². The van der Waals surface area contributed by atoms with Crippen LogP contribution in [0.4, 0.5) is 0 Å². The van der Waals surface area contributed by atoms with Gasteiger partial charge >= 0.3 is 5.97 Å². The Kier molecular flexibility index (Phi) is 3.44. The number of hydrogen-bond acceptors (Lipinski definition) is 6. The lowest BCUT2D eigenvalue weighted by atomic mass is 10.2. The first-order valence-electron chi connectivity index (χ1n) is 5.59. The molecule has 1 aromatic heterocycles. The van der Waals surface area contributed by atoms with Gasteiger partial charge in [-0.15, -0.1) is 4.73 Å². The molecule has 0 bridgehead atoms. The maximum atomic E-state index is 11.5. The average Bonchev–Trinajstić information content (AvgIpc) is 2.89. The van der Waals surface area contributed by atoms with E-state index in [2.05, 4.69) is 0 Å². The first kappa shape index (κ1) is 12.7. The second kappa shape index (κ2) is 4.87. The molecule has 1 fully saturated rings. The molecule has 18 heavy (non-hydrogen) atoms. The average molecular weight is 257 g/mol. The number of ether oxygens (including phenoxy) is 2. The summed E-state index contributed by atoms with van der Waals surface area (Å²) in [5.74, 6) is -2.06. The maximum absolute atomic E-state index is 11.5. The van der Waals surface area contributed by atoms with Gasteiger partial charge in [-0.05, 0) is 6.92 Å². The smallest absolute Gasteiger partial charge is 0.333 e. The van der Waals surface area contributed by atoms with E-state index in [0.717, 1.165) is 0 Å². The molecule has 0 unspecified atom stereocenters. The lowest BCUT2D eigenvalue weighted by Crippen LogP contribution is -2.28. The van der Waals surface area contributed by atoms with Crippen molar-refractivity contribution < 1.29 is 29.3 Å². The van der Waals surface area contributed by atoms with Gasteiger partial charge in [-0.25, -0.2) is 4.79 Å². The van der Waals surface area contributed by atoms with E-state index < -0.39 is 11.8 Å². The van der Waals surface area contributed by atoms with E-state index >= 15 is 0 Å². The van der Waals surface area contributed by atoms with E-state index in [4.69, 9.17) is 14.3 Å². The first-order chi connectivity index (χ1) is 8.50. The van der Waals surface area contributed by atoms with Crippen molar-refractivity contribution in [3.05, 3.63) is 12.1 Å². The Morgan fingerprint density at radius 2 is 1.94 bits per heavy atom. The number of aromatic nitrogens is 1. The predicted molar refractivity (Wildman–Crippen MR) is 58.9 cm³/mol. The second-order valence-electron chi connectivity index (χ2n) is 4.14. The van der Waals surface area contributed by atoms with Gasteiger partial charge in [0.1, 0.15) is 0 Å². The van der Waals surface area contributed by atoms with Gasteiger partial charge in [-0.3, -0.25) is 0 Å². The molecular weight excluding hydrogens is 242 g/mol. The van der Waals surface area contributed by atoms with Crippen LogP contribution in [-0.4, -0.2) is 39.9 Å². The summed E-state index contributed by atoms with van der Waals surface area (Å²) in [7, 11) is 0. The van der Waals surface area contributed by atoms with E-state index in [1.54, 1.807) is 6.92 Å². The Labute approximate surface area is 103 Å². The van der Waals surface area contributed by atoms with Gasteiger partial charge in [-0.1, -0.05) is 0 Å². The number of rotatable bonds is 4. The fraction of sp³-hybridized carbons (Fsp3) is 0.545. The quantitative estimate of drug-likeness (QED) is 0.811. The SMILES string of the molecule is CC1(CCC(=O)On2c(O)ccc2O)OCCO1. The molecule has 7 heteroatoms. The van der Waals surface area contributed by atoms with Crippen molar-refractivity contribution in [2.45, 2.75) is 25.6 Å². The zero-order valence-corrected chi connectivity index (χ0v) is 9.96. The van der Waals surface area contributed by atoms with Gasteiger partial charge < -0.3 is 24.5 Å². The number of carbonyl (C=O) groups excluding carboxylic acids is 1. The monoisotopic (exact) mass is 257 g/mol. The number of carbonyl (C=O) groups is 1. The molecule has 7 nitrogen and oxygen atoms in total. The van der Waals surface area contributed by atoms with Crippen LogP contribution in [0, 0.1) is 0 Å². The molecule has 0 aromatic carbocycles. The molecule has 1 aliphatic heterocycles. The van der Waals surface area contributed by atoms with Crippen molar-refractivity contribution in [2.24, 2.45) is 0 Å². The van der Waals surface area contributed by atoms with Gasteiger partial charge in [0, 0.05) is 18.6 Å². The van der Waals surface area contributed by atoms with Crippen molar-refractivity contribution in [3.63, 3.8) is 0 Å². The van der Waals surface area contributed by atoms with Crippen molar-refractivity contribution >= 4 is 5.97 Å². The van der Waals surface area contributed by atoms with Gasteiger partial charge in [0.2, 0.25) is 11.8 Å². The van der Waals surface area contributed by atoms with Crippen LogP contribution in [0.5, 0.6) is 11.8 Å². The van der Waals surface area contributed by atoms with Gasteiger partial charge in [0.15, 0.2) is 5.79 Å². The summed E-state index contributed by atoms with van der Waals surface area (Å²) >= 11 is 0. The summed E-state index contributed by atoms with van der Waals surface area (Å²) in [5.41, 5.74) is 0. The summed E-state index contributed by atoms with van der Waals surface area (Å²) in [4.78, 5) is 16.3. The fourth-order valence-corrected chi connectivity index (χ4v) is 1.67. The molecule has 0 atom stereocenters. The van der Waals surface area contributed by atoms with Crippen LogP contribution in [0.3, 0.4) is 0 Å². The zero-order chi connectivity index (χ0) is 13.2.